The third kappa shape index (κ3) is 4.61. The summed E-state index contributed by atoms with van der Waals surface area (Å²) in [5.41, 5.74) is 0. The van der Waals surface area contributed by atoms with Crippen molar-refractivity contribution in [1.82, 2.24) is 14.3 Å². The summed E-state index contributed by atoms with van der Waals surface area (Å²) in [4.78, 5) is 14.5. The SMILES string of the molecule is CCCn1cc(S(=O)(=O)NC(C)CCC(=O)O)nc1C. The zero-order valence-corrected chi connectivity index (χ0v) is 12.8. The van der Waals surface area contributed by atoms with Gasteiger partial charge in [0.2, 0.25) is 0 Å². The van der Waals surface area contributed by atoms with E-state index in [1.165, 1.54) is 6.20 Å². The van der Waals surface area contributed by atoms with E-state index < -0.39 is 22.0 Å². The molecule has 0 spiro atoms. The largest absolute Gasteiger partial charge is 0.481 e. The molecule has 1 heterocycles. The monoisotopic (exact) mass is 303 g/mol. The molecule has 0 aromatic carbocycles. The molecule has 8 heteroatoms. The number of carboxylic acid groups (broad SMARTS) is 1. The topological polar surface area (TPSA) is 101 Å². The van der Waals surface area contributed by atoms with Gasteiger partial charge >= 0.3 is 5.97 Å². The summed E-state index contributed by atoms with van der Waals surface area (Å²) in [6, 6.07) is -0.451. The molecule has 20 heavy (non-hydrogen) atoms. The number of aliphatic carboxylic acids is 1. The van der Waals surface area contributed by atoms with Crippen molar-refractivity contribution in [3.8, 4) is 0 Å². The first-order chi connectivity index (χ1) is 9.26. The molecule has 0 fully saturated rings. The third-order valence-corrected chi connectivity index (χ3v) is 4.30. The van der Waals surface area contributed by atoms with Gasteiger partial charge in [-0.15, -0.1) is 0 Å². The lowest BCUT2D eigenvalue weighted by atomic mass is 10.2. The predicted octanol–water partition coefficient (Wildman–Crippen LogP) is 1.13. The van der Waals surface area contributed by atoms with Crippen LogP contribution in [0.1, 0.15) is 38.9 Å². The van der Waals surface area contributed by atoms with Gasteiger partial charge in [0.15, 0.2) is 5.03 Å². The number of carbonyl (C=O) groups is 1. The number of sulfonamides is 1. The van der Waals surface area contributed by atoms with Crippen LogP contribution in [0.4, 0.5) is 0 Å². The molecule has 1 atom stereocenters. The first kappa shape index (κ1) is 16.6. The van der Waals surface area contributed by atoms with Crippen LogP contribution in [0.2, 0.25) is 0 Å². The van der Waals surface area contributed by atoms with Crippen LogP contribution in [0.3, 0.4) is 0 Å². The quantitative estimate of drug-likeness (QED) is 0.749. The summed E-state index contributed by atoms with van der Waals surface area (Å²) >= 11 is 0. The molecule has 0 aliphatic heterocycles. The van der Waals surface area contributed by atoms with Crippen LogP contribution in [0.15, 0.2) is 11.2 Å². The highest BCUT2D eigenvalue weighted by molar-refractivity contribution is 7.89. The van der Waals surface area contributed by atoms with Gasteiger partial charge in [0.1, 0.15) is 5.82 Å². The summed E-state index contributed by atoms with van der Waals surface area (Å²) in [5, 5.41) is 8.56. The van der Waals surface area contributed by atoms with E-state index in [9.17, 15) is 13.2 Å². The maximum absolute atomic E-state index is 12.1. The molecule has 1 aromatic heterocycles. The minimum absolute atomic E-state index is 0.0226. The van der Waals surface area contributed by atoms with Crippen LogP contribution in [0.25, 0.3) is 0 Å². The minimum Gasteiger partial charge on any atom is -0.481 e. The second kappa shape index (κ2) is 6.85. The van der Waals surface area contributed by atoms with Gasteiger partial charge in [0, 0.05) is 25.2 Å². The average Bonchev–Trinajstić information content (AvgIpc) is 2.69. The number of carboxylic acids is 1. The molecular formula is C12H21N3O4S. The fraction of sp³-hybridized carbons (Fsp3) is 0.667. The van der Waals surface area contributed by atoms with Crippen molar-refractivity contribution in [2.45, 2.75) is 57.6 Å². The Kier molecular flexibility index (Phi) is 5.70. The Morgan fingerprint density at radius 1 is 1.55 bits per heavy atom. The van der Waals surface area contributed by atoms with E-state index >= 15 is 0 Å². The second-order valence-corrected chi connectivity index (χ2v) is 6.44. The molecule has 1 aromatic rings. The predicted molar refractivity (Wildman–Crippen MR) is 73.9 cm³/mol. The molecule has 7 nitrogen and oxygen atoms in total. The number of aryl methyl sites for hydroxylation is 2. The van der Waals surface area contributed by atoms with Crippen molar-refractivity contribution >= 4 is 16.0 Å². The smallest absolute Gasteiger partial charge is 0.303 e. The lowest BCUT2D eigenvalue weighted by Crippen LogP contribution is -2.33. The summed E-state index contributed by atoms with van der Waals surface area (Å²) in [7, 11) is -3.70. The Morgan fingerprint density at radius 2 is 2.20 bits per heavy atom. The molecular weight excluding hydrogens is 282 g/mol. The molecule has 114 valence electrons. The van der Waals surface area contributed by atoms with Crippen LogP contribution in [-0.4, -0.2) is 35.1 Å². The van der Waals surface area contributed by atoms with Crippen LogP contribution in [0.5, 0.6) is 0 Å². The normalized spacial score (nSPS) is 13.3. The fourth-order valence-corrected chi connectivity index (χ4v) is 3.09. The van der Waals surface area contributed by atoms with E-state index in [0.717, 1.165) is 6.42 Å². The van der Waals surface area contributed by atoms with E-state index in [1.807, 2.05) is 6.92 Å². The molecule has 0 bridgehead atoms. The zero-order valence-electron chi connectivity index (χ0n) is 12.0. The standard InChI is InChI=1S/C12H21N3O4S/c1-4-7-15-8-11(13-10(15)3)20(18,19)14-9(2)5-6-12(16)17/h8-9,14H,4-7H2,1-3H3,(H,16,17). The van der Waals surface area contributed by atoms with Crippen molar-refractivity contribution in [2.75, 3.05) is 0 Å². The van der Waals surface area contributed by atoms with E-state index in [1.54, 1.807) is 18.4 Å². The third-order valence-electron chi connectivity index (χ3n) is 2.84. The fourth-order valence-electron chi connectivity index (χ4n) is 1.80. The van der Waals surface area contributed by atoms with E-state index in [0.29, 0.717) is 12.4 Å². The summed E-state index contributed by atoms with van der Waals surface area (Å²) in [6.07, 6.45) is 2.56. The van der Waals surface area contributed by atoms with E-state index in [2.05, 4.69) is 9.71 Å². The molecule has 0 saturated carbocycles. The molecule has 0 radical (unpaired) electrons. The van der Waals surface area contributed by atoms with Gasteiger partial charge in [-0.05, 0) is 26.7 Å². The van der Waals surface area contributed by atoms with Crippen LogP contribution in [0, 0.1) is 6.92 Å². The first-order valence-corrected chi connectivity index (χ1v) is 8.02. The van der Waals surface area contributed by atoms with Gasteiger partial charge in [-0.2, -0.15) is 0 Å². The Labute approximate surface area is 119 Å². The van der Waals surface area contributed by atoms with Crippen molar-refractivity contribution in [2.24, 2.45) is 0 Å². The molecule has 2 N–H and O–H groups in total. The Balaban J connectivity index is 2.78. The molecule has 0 aliphatic rings. The lowest BCUT2D eigenvalue weighted by molar-refractivity contribution is -0.137. The number of imidazole rings is 1. The Morgan fingerprint density at radius 3 is 2.75 bits per heavy atom. The number of hydrogen-bond acceptors (Lipinski definition) is 4. The van der Waals surface area contributed by atoms with Crippen molar-refractivity contribution < 1.29 is 18.3 Å². The molecule has 0 aliphatic carbocycles. The number of hydrogen-bond donors (Lipinski definition) is 2. The van der Waals surface area contributed by atoms with Gasteiger partial charge in [-0.25, -0.2) is 18.1 Å². The average molecular weight is 303 g/mol. The minimum atomic E-state index is -3.70. The number of aromatic nitrogens is 2. The lowest BCUT2D eigenvalue weighted by Gasteiger charge is -2.11. The Hall–Kier alpha value is -1.41. The van der Waals surface area contributed by atoms with E-state index in [-0.39, 0.29) is 17.9 Å². The van der Waals surface area contributed by atoms with Crippen LogP contribution in [-0.2, 0) is 21.4 Å². The second-order valence-electron chi connectivity index (χ2n) is 4.77. The molecule has 1 unspecified atom stereocenters. The van der Waals surface area contributed by atoms with Gasteiger partial charge in [0.25, 0.3) is 10.0 Å². The number of rotatable bonds is 8. The zero-order chi connectivity index (χ0) is 15.3. The summed E-state index contributed by atoms with van der Waals surface area (Å²) < 4.78 is 28.5. The first-order valence-electron chi connectivity index (χ1n) is 6.54. The number of nitrogens with zero attached hydrogens (tertiary/aromatic N) is 2. The van der Waals surface area contributed by atoms with Crippen molar-refractivity contribution in [1.29, 1.82) is 0 Å². The Bertz CT molecular complexity index is 565. The van der Waals surface area contributed by atoms with Crippen molar-refractivity contribution in [3.05, 3.63) is 12.0 Å². The highest BCUT2D eigenvalue weighted by Gasteiger charge is 2.21. The maximum atomic E-state index is 12.1. The summed E-state index contributed by atoms with van der Waals surface area (Å²) in [6.45, 7) is 6.10. The highest BCUT2D eigenvalue weighted by Crippen LogP contribution is 2.11. The van der Waals surface area contributed by atoms with Gasteiger partial charge in [-0.3, -0.25) is 4.79 Å². The molecule has 1 rings (SSSR count). The molecule has 0 amide bonds. The van der Waals surface area contributed by atoms with Crippen LogP contribution < -0.4 is 4.72 Å². The van der Waals surface area contributed by atoms with Crippen LogP contribution >= 0.6 is 0 Å². The van der Waals surface area contributed by atoms with E-state index in [4.69, 9.17) is 5.11 Å². The molecule has 0 saturated heterocycles. The summed E-state index contributed by atoms with van der Waals surface area (Å²) in [5.74, 6) is -0.301. The van der Waals surface area contributed by atoms with Gasteiger partial charge in [0.05, 0.1) is 0 Å². The van der Waals surface area contributed by atoms with Gasteiger partial charge < -0.3 is 9.67 Å². The number of nitrogens with one attached hydrogen (secondary N) is 1. The maximum Gasteiger partial charge on any atom is 0.303 e. The highest BCUT2D eigenvalue weighted by atomic mass is 32.2. The van der Waals surface area contributed by atoms with Crippen molar-refractivity contribution in [3.63, 3.8) is 0 Å². The van der Waals surface area contributed by atoms with Gasteiger partial charge in [-0.1, -0.05) is 6.92 Å².